The summed E-state index contributed by atoms with van der Waals surface area (Å²) in [7, 11) is -3.32. The summed E-state index contributed by atoms with van der Waals surface area (Å²) in [6.45, 7) is 6.34. The second-order valence-corrected chi connectivity index (χ2v) is 10.5. The number of unbranched alkanes of at least 4 members (excludes halogenated alkanes) is 10. The van der Waals surface area contributed by atoms with Crippen LogP contribution in [0, 0.1) is 0 Å². The third-order valence-electron chi connectivity index (χ3n) is 4.11. The third-order valence-corrected chi connectivity index (χ3v) is 8.10. The van der Waals surface area contributed by atoms with Crippen LogP contribution in [0.3, 0.4) is 0 Å². The van der Waals surface area contributed by atoms with E-state index in [0.717, 1.165) is 24.3 Å². The van der Waals surface area contributed by atoms with Gasteiger partial charge in [-0.3, -0.25) is 0 Å². The Bertz CT molecular complexity index is 340. The first kappa shape index (κ1) is 24.3. The Balaban J connectivity index is 4.09. The van der Waals surface area contributed by atoms with Crippen molar-refractivity contribution in [1.82, 2.24) is 0 Å². The van der Waals surface area contributed by atoms with Crippen LogP contribution in [-0.4, -0.2) is 25.7 Å². The van der Waals surface area contributed by atoms with Crippen LogP contribution in [0.15, 0.2) is 0 Å². The highest BCUT2D eigenvalue weighted by Crippen LogP contribution is 2.15. The summed E-state index contributed by atoms with van der Waals surface area (Å²) in [5.74, 6) is 2.00. The molecule has 0 bridgehead atoms. The van der Waals surface area contributed by atoms with Crippen LogP contribution in [-0.2, 0) is 24.9 Å². The molecule has 0 saturated carbocycles. The Morgan fingerprint density at radius 2 is 1.04 bits per heavy atom. The molecule has 0 N–H and O–H groups in total. The normalized spacial score (nSPS) is 12.2. The van der Waals surface area contributed by atoms with Gasteiger partial charge in [0.1, 0.15) is 11.5 Å². The standard InChI is InChI=1S/C19H41O3S2/c1-4-7-9-11-13-15-17-23(22-24(20,21)19-6-3)18-16-14-12-10-8-5-2/h4-19H2,1-3H3/q+1. The van der Waals surface area contributed by atoms with Crippen LogP contribution in [0.1, 0.15) is 104 Å². The lowest BCUT2D eigenvalue weighted by molar-refractivity contribution is 0.508. The number of rotatable bonds is 18. The van der Waals surface area contributed by atoms with Crippen LogP contribution in [0.4, 0.5) is 0 Å². The highest BCUT2D eigenvalue weighted by molar-refractivity contribution is 8.02. The molecule has 0 aromatic heterocycles. The van der Waals surface area contributed by atoms with Gasteiger partial charge in [-0.15, -0.1) is 0 Å². The van der Waals surface area contributed by atoms with Gasteiger partial charge in [0.15, 0.2) is 11.2 Å². The smallest absolute Gasteiger partial charge is 0.195 e. The molecule has 0 fully saturated rings. The average Bonchev–Trinajstić information content (AvgIpc) is 2.53. The van der Waals surface area contributed by atoms with E-state index in [1.54, 1.807) is 0 Å². The van der Waals surface area contributed by atoms with Crippen LogP contribution in [0.5, 0.6) is 0 Å². The summed E-state index contributed by atoms with van der Waals surface area (Å²) in [5.41, 5.74) is 0. The molecule has 0 aromatic carbocycles. The zero-order chi connectivity index (χ0) is 18.1. The first-order chi connectivity index (χ1) is 11.6. The summed E-state index contributed by atoms with van der Waals surface area (Å²) >= 11 is -0.398. The highest BCUT2D eigenvalue weighted by atomic mass is 32.3. The second kappa shape index (κ2) is 16.7. The van der Waals surface area contributed by atoms with E-state index in [4.69, 9.17) is 3.63 Å². The molecule has 0 saturated heterocycles. The molecule has 5 heteroatoms. The lowest BCUT2D eigenvalue weighted by Gasteiger charge is -2.08. The van der Waals surface area contributed by atoms with Gasteiger partial charge in [0.2, 0.25) is 0 Å². The Morgan fingerprint density at radius 1 is 0.625 bits per heavy atom. The zero-order valence-corrected chi connectivity index (χ0v) is 18.0. The molecule has 3 nitrogen and oxygen atoms in total. The summed E-state index contributed by atoms with van der Waals surface area (Å²) in [6, 6.07) is 0. The summed E-state index contributed by atoms with van der Waals surface area (Å²) in [6.07, 6.45) is 15.5. The molecular formula is C19H41O3S2+. The van der Waals surface area contributed by atoms with E-state index in [2.05, 4.69) is 13.8 Å². The number of hydrogen-bond acceptors (Lipinski definition) is 3. The molecule has 0 unspecified atom stereocenters. The molecule has 0 spiro atoms. The van der Waals surface area contributed by atoms with Gasteiger partial charge in [0.25, 0.3) is 0 Å². The SMILES string of the molecule is CCCCCCCC[S+](CCCCCCCC)OS(=O)(=O)CCC. The van der Waals surface area contributed by atoms with E-state index >= 15 is 0 Å². The van der Waals surface area contributed by atoms with Crippen LogP contribution < -0.4 is 0 Å². The fourth-order valence-corrected chi connectivity index (χ4v) is 6.43. The summed E-state index contributed by atoms with van der Waals surface area (Å²) < 4.78 is 29.5. The largest absolute Gasteiger partial charge is 0.311 e. The van der Waals surface area contributed by atoms with Crippen molar-refractivity contribution in [2.75, 3.05) is 17.3 Å². The molecule has 0 aliphatic heterocycles. The lowest BCUT2D eigenvalue weighted by atomic mass is 10.1. The van der Waals surface area contributed by atoms with Gasteiger partial charge in [-0.2, -0.15) is 8.42 Å². The minimum atomic E-state index is -3.32. The van der Waals surface area contributed by atoms with Crippen LogP contribution >= 0.6 is 0 Å². The van der Waals surface area contributed by atoms with Gasteiger partial charge in [-0.05, 0) is 35.7 Å². The maximum absolute atomic E-state index is 12.0. The molecule has 0 aromatic rings. The quantitative estimate of drug-likeness (QED) is 0.216. The van der Waals surface area contributed by atoms with Gasteiger partial charge in [-0.25, -0.2) is 0 Å². The average molecular weight is 382 g/mol. The van der Waals surface area contributed by atoms with Crippen molar-refractivity contribution in [2.24, 2.45) is 0 Å². The van der Waals surface area contributed by atoms with Crippen molar-refractivity contribution in [3.05, 3.63) is 0 Å². The van der Waals surface area contributed by atoms with E-state index in [-0.39, 0.29) is 5.75 Å². The first-order valence-corrected chi connectivity index (χ1v) is 13.2. The highest BCUT2D eigenvalue weighted by Gasteiger charge is 2.28. The first-order valence-electron chi connectivity index (χ1n) is 10.2. The molecule has 0 heterocycles. The van der Waals surface area contributed by atoms with Crippen molar-refractivity contribution < 1.29 is 12.0 Å². The van der Waals surface area contributed by atoms with E-state index in [1.807, 2.05) is 6.92 Å². The van der Waals surface area contributed by atoms with Crippen LogP contribution in [0.2, 0.25) is 0 Å². The molecule has 0 radical (unpaired) electrons. The molecule has 0 aliphatic rings. The monoisotopic (exact) mass is 381 g/mol. The maximum atomic E-state index is 12.0. The summed E-state index contributed by atoms with van der Waals surface area (Å²) in [5, 5.41) is 0. The maximum Gasteiger partial charge on any atom is 0.311 e. The van der Waals surface area contributed by atoms with E-state index in [0.29, 0.717) is 6.42 Å². The van der Waals surface area contributed by atoms with Crippen molar-refractivity contribution in [3.63, 3.8) is 0 Å². The zero-order valence-electron chi connectivity index (χ0n) is 16.4. The Kier molecular flexibility index (Phi) is 16.9. The van der Waals surface area contributed by atoms with E-state index < -0.39 is 21.3 Å². The van der Waals surface area contributed by atoms with E-state index in [1.165, 1.54) is 64.2 Å². The molecule has 0 atom stereocenters. The molecule has 0 amide bonds. The minimum absolute atomic E-state index is 0.156. The predicted octanol–water partition coefficient (Wildman–Crippen LogP) is 6.00. The second-order valence-electron chi connectivity index (χ2n) is 6.71. The fourth-order valence-electron chi connectivity index (χ4n) is 2.69. The van der Waals surface area contributed by atoms with Crippen molar-refractivity contribution in [3.8, 4) is 0 Å². The molecular weight excluding hydrogens is 340 g/mol. The van der Waals surface area contributed by atoms with Crippen molar-refractivity contribution >= 4 is 21.3 Å². The van der Waals surface area contributed by atoms with Gasteiger partial charge < -0.3 is 0 Å². The lowest BCUT2D eigenvalue weighted by Crippen LogP contribution is -2.22. The third kappa shape index (κ3) is 15.8. The molecule has 146 valence electrons. The Hall–Kier alpha value is 0.260. The predicted molar refractivity (Wildman–Crippen MR) is 109 cm³/mol. The van der Waals surface area contributed by atoms with Crippen molar-refractivity contribution in [2.45, 2.75) is 104 Å². The Morgan fingerprint density at radius 3 is 1.46 bits per heavy atom. The van der Waals surface area contributed by atoms with Gasteiger partial charge >= 0.3 is 10.1 Å². The summed E-state index contributed by atoms with van der Waals surface area (Å²) in [4.78, 5) is 0. The Labute approximate surface area is 155 Å². The molecule has 24 heavy (non-hydrogen) atoms. The topological polar surface area (TPSA) is 43.4 Å². The van der Waals surface area contributed by atoms with Crippen LogP contribution in [0.25, 0.3) is 0 Å². The van der Waals surface area contributed by atoms with Crippen molar-refractivity contribution in [1.29, 1.82) is 0 Å². The van der Waals surface area contributed by atoms with Gasteiger partial charge in [-0.1, -0.05) is 72.1 Å². The number of hydrogen-bond donors (Lipinski definition) is 0. The molecule has 0 rings (SSSR count). The minimum Gasteiger partial charge on any atom is -0.195 e. The van der Waals surface area contributed by atoms with E-state index in [9.17, 15) is 8.42 Å². The fraction of sp³-hybridized carbons (Fsp3) is 1.00. The molecule has 0 aliphatic carbocycles. The van der Waals surface area contributed by atoms with Gasteiger partial charge in [0, 0.05) is 0 Å². The van der Waals surface area contributed by atoms with Gasteiger partial charge in [0.05, 0.1) is 5.75 Å².